The van der Waals surface area contributed by atoms with Crippen molar-refractivity contribution in [2.75, 3.05) is 13.2 Å². The van der Waals surface area contributed by atoms with E-state index in [2.05, 4.69) is 0 Å². The van der Waals surface area contributed by atoms with Gasteiger partial charge in [-0.15, -0.1) is 0 Å². The average molecular weight is 301 g/mol. The van der Waals surface area contributed by atoms with Crippen LogP contribution in [0.1, 0.15) is 24.2 Å². The molecule has 0 amide bonds. The van der Waals surface area contributed by atoms with Crippen molar-refractivity contribution in [1.29, 1.82) is 0 Å². The van der Waals surface area contributed by atoms with E-state index in [4.69, 9.17) is 15.2 Å². The van der Waals surface area contributed by atoms with Gasteiger partial charge in [0.25, 0.3) is 0 Å². The molecule has 0 aliphatic heterocycles. The summed E-state index contributed by atoms with van der Waals surface area (Å²) in [4.78, 5) is 0. The fourth-order valence-corrected chi connectivity index (χ4v) is 2.11. The molecule has 0 saturated carbocycles. The molecule has 0 aliphatic rings. The Balaban J connectivity index is 1.80. The van der Waals surface area contributed by atoms with E-state index in [-0.39, 0.29) is 12.6 Å². The van der Waals surface area contributed by atoms with Crippen molar-refractivity contribution < 1.29 is 14.6 Å². The van der Waals surface area contributed by atoms with E-state index in [1.165, 1.54) is 0 Å². The number of nitrogens with two attached hydrogens (primary N) is 1. The number of aliphatic hydroxyl groups is 1. The monoisotopic (exact) mass is 301 g/mol. The third-order valence-corrected chi connectivity index (χ3v) is 3.27. The molecule has 0 saturated heterocycles. The van der Waals surface area contributed by atoms with Crippen LogP contribution in [0.3, 0.4) is 0 Å². The van der Waals surface area contributed by atoms with Crippen LogP contribution in [0.25, 0.3) is 0 Å². The van der Waals surface area contributed by atoms with Crippen molar-refractivity contribution in [1.82, 2.24) is 0 Å². The van der Waals surface area contributed by atoms with Gasteiger partial charge in [0.15, 0.2) is 0 Å². The van der Waals surface area contributed by atoms with Gasteiger partial charge in [0.1, 0.15) is 11.9 Å². The fourth-order valence-electron chi connectivity index (χ4n) is 2.11. The first-order valence-electron chi connectivity index (χ1n) is 7.45. The van der Waals surface area contributed by atoms with Crippen LogP contribution in [-0.2, 0) is 11.3 Å². The summed E-state index contributed by atoms with van der Waals surface area (Å²) in [5.74, 6) is 0.709. The zero-order chi connectivity index (χ0) is 15.8. The molecule has 0 aromatic heterocycles. The molecule has 2 aromatic carbocycles. The van der Waals surface area contributed by atoms with Crippen molar-refractivity contribution in [3.05, 3.63) is 65.7 Å². The molecule has 0 unspecified atom stereocenters. The second-order valence-corrected chi connectivity index (χ2v) is 5.25. The van der Waals surface area contributed by atoms with Crippen molar-refractivity contribution in [3.63, 3.8) is 0 Å². The fraction of sp³-hybridized carbons (Fsp3) is 0.333. The Kier molecular flexibility index (Phi) is 6.40. The molecule has 0 heterocycles. The summed E-state index contributed by atoms with van der Waals surface area (Å²) in [6.07, 6.45) is -0.734. The second kappa shape index (κ2) is 8.54. The summed E-state index contributed by atoms with van der Waals surface area (Å²) in [6.45, 7) is 3.22. The minimum absolute atomic E-state index is 0.0750. The van der Waals surface area contributed by atoms with Crippen LogP contribution >= 0.6 is 0 Å². The highest BCUT2D eigenvalue weighted by Crippen LogP contribution is 2.19. The van der Waals surface area contributed by atoms with Gasteiger partial charge in [0.05, 0.1) is 19.3 Å². The van der Waals surface area contributed by atoms with E-state index in [0.29, 0.717) is 19.0 Å². The van der Waals surface area contributed by atoms with Gasteiger partial charge in [-0.25, -0.2) is 0 Å². The molecule has 4 heteroatoms. The maximum Gasteiger partial charge on any atom is 0.120 e. The molecule has 0 radical (unpaired) electrons. The number of hydrogen-bond donors (Lipinski definition) is 2. The van der Waals surface area contributed by atoms with E-state index >= 15 is 0 Å². The second-order valence-electron chi connectivity index (χ2n) is 5.25. The highest BCUT2D eigenvalue weighted by Gasteiger charge is 2.08. The Hall–Kier alpha value is -1.88. The van der Waals surface area contributed by atoms with Crippen LogP contribution in [0.2, 0.25) is 0 Å². The van der Waals surface area contributed by atoms with Crippen LogP contribution in [0.4, 0.5) is 0 Å². The van der Waals surface area contributed by atoms with Crippen molar-refractivity contribution >= 4 is 0 Å². The summed E-state index contributed by atoms with van der Waals surface area (Å²) < 4.78 is 11.5. The number of hydrogen-bond acceptors (Lipinski definition) is 4. The lowest BCUT2D eigenvalue weighted by molar-refractivity contribution is 0.0491. The minimum atomic E-state index is -0.659. The molecule has 2 aromatic rings. The Morgan fingerprint density at radius 1 is 1.09 bits per heavy atom. The summed E-state index contributed by atoms with van der Waals surface area (Å²) in [5, 5.41) is 9.75. The van der Waals surface area contributed by atoms with Crippen molar-refractivity contribution in [2.45, 2.75) is 25.7 Å². The highest BCUT2D eigenvalue weighted by atomic mass is 16.5. The zero-order valence-corrected chi connectivity index (χ0v) is 12.8. The largest absolute Gasteiger partial charge is 0.488 e. The first kappa shape index (κ1) is 16.5. The molecule has 2 rings (SSSR count). The van der Waals surface area contributed by atoms with Gasteiger partial charge in [0.2, 0.25) is 0 Å². The molecular formula is C18H23NO3. The SMILES string of the molecule is C[C@@H](COCc1ccccc1)Oc1cccc([C@H](O)CN)c1. The van der Waals surface area contributed by atoms with Crippen molar-refractivity contribution in [3.8, 4) is 5.75 Å². The van der Waals surface area contributed by atoms with Gasteiger partial charge in [-0.3, -0.25) is 0 Å². The van der Waals surface area contributed by atoms with Gasteiger partial charge >= 0.3 is 0 Å². The predicted molar refractivity (Wildman–Crippen MR) is 86.6 cm³/mol. The average Bonchev–Trinajstić information content (AvgIpc) is 2.55. The first-order chi connectivity index (χ1) is 10.7. The number of ether oxygens (including phenoxy) is 2. The molecule has 2 atom stereocenters. The van der Waals surface area contributed by atoms with Gasteiger partial charge in [-0.1, -0.05) is 42.5 Å². The maximum atomic E-state index is 9.75. The van der Waals surface area contributed by atoms with Crippen LogP contribution in [-0.4, -0.2) is 24.4 Å². The predicted octanol–water partition coefficient (Wildman–Crippen LogP) is 2.66. The molecule has 0 fully saturated rings. The third-order valence-electron chi connectivity index (χ3n) is 3.27. The molecule has 0 aliphatic carbocycles. The number of aliphatic hydroxyl groups excluding tert-OH is 1. The van der Waals surface area contributed by atoms with E-state index in [1.807, 2.05) is 61.5 Å². The standard InChI is InChI=1S/C18H23NO3/c1-14(12-21-13-15-6-3-2-4-7-15)22-17-9-5-8-16(10-17)18(20)11-19/h2-10,14,18,20H,11-13,19H2,1H3/t14-,18+/m0/s1. The Morgan fingerprint density at radius 3 is 2.59 bits per heavy atom. The van der Waals surface area contributed by atoms with Gasteiger partial charge in [0, 0.05) is 6.54 Å². The van der Waals surface area contributed by atoms with Crippen LogP contribution in [0.15, 0.2) is 54.6 Å². The molecule has 3 N–H and O–H groups in total. The third kappa shape index (κ3) is 5.15. The van der Waals surface area contributed by atoms with E-state index in [1.54, 1.807) is 0 Å². The maximum absolute atomic E-state index is 9.75. The summed E-state index contributed by atoms with van der Waals surface area (Å²) in [5.41, 5.74) is 7.37. The smallest absolute Gasteiger partial charge is 0.120 e. The van der Waals surface area contributed by atoms with Gasteiger partial charge < -0.3 is 20.3 Å². The molecule has 22 heavy (non-hydrogen) atoms. The van der Waals surface area contributed by atoms with Gasteiger partial charge in [-0.2, -0.15) is 0 Å². The molecule has 0 bridgehead atoms. The number of benzene rings is 2. The summed E-state index contributed by atoms with van der Waals surface area (Å²) in [6, 6.07) is 17.4. The Bertz CT molecular complexity index is 559. The van der Waals surface area contributed by atoms with Crippen LogP contribution < -0.4 is 10.5 Å². The zero-order valence-electron chi connectivity index (χ0n) is 12.8. The lowest BCUT2D eigenvalue weighted by Gasteiger charge is -2.16. The van der Waals surface area contributed by atoms with E-state index in [0.717, 1.165) is 11.1 Å². The van der Waals surface area contributed by atoms with E-state index in [9.17, 15) is 5.11 Å². The van der Waals surface area contributed by atoms with Gasteiger partial charge in [-0.05, 0) is 30.2 Å². The topological polar surface area (TPSA) is 64.7 Å². The molecule has 0 spiro atoms. The molecule has 118 valence electrons. The van der Waals surface area contributed by atoms with E-state index < -0.39 is 6.10 Å². The van der Waals surface area contributed by atoms with Crippen molar-refractivity contribution in [2.24, 2.45) is 5.73 Å². The lowest BCUT2D eigenvalue weighted by atomic mass is 10.1. The summed E-state index contributed by atoms with van der Waals surface area (Å²) >= 11 is 0. The molecule has 4 nitrogen and oxygen atoms in total. The lowest BCUT2D eigenvalue weighted by Crippen LogP contribution is -2.19. The Labute approximate surface area is 131 Å². The first-order valence-corrected chi connectivity index (χ1v) is 7.45. The number of rotatable bonds is 8. The molecular weight excluding hydrogens is 278 g/mol. The minimum Gasteiger partial charge on any atom is -0.488 e. The normalized spacial score (nSPS) is 13.6. The quantitative estimate of drug-likeness (QED) is 0.787. The highest BCUT2D eigenvalue weighted by molar-refractivity contribution is 5.30. The Morgan fingerprint density at radius 2 is 1.86 bits per heavy atom. The van der Waals surface area contributed by atoms with Crippen LogP contribution in [0.5, 0.6) is 5.75 Å². The summed E-state index contributed by atoms with van der Waals surface area (Å²) in [7, 11) is 0. The van der Waals surface area contributed by atoms with Crippen LogP contribution in [0, 0.1) is 0 Å².